The minimum atomic E-state index is -0.639. The van der Waals surface area contributed by atoms with Gasteiger partial charge in [0.2, 0.25) is 5.91 Å². The van der Waals surface area contributed by atoms with Crippen LogP contribution in [0.3, 0.4) is 0 Å². The highest BCUT2D eigenvalue weighted by Gasteiger charge is 2.16. The zero-order valence-electron chi connectivity index (χ0n) is 14.3. The Bertz CT molecular complexity index is 914. The van der Waals surface area contributed by atoms with Crippen LogP contribution in [0.2, 0.25) is 5.02 Å². The number of hydrogen-bond donors (Lipinski definition) is 2. The highest BCUT2D eigenvalue weighted by molar-refractivity contribution is 6.31. The lowest BCUT2D eigenvalue weighted by Gasteiger charge is -2.17. The number of nitrogens with two attached hydrogens (primary N) is 1. The maximum absolute atomic E-state index is 12.4. The summed E-state index contributed by atoms with van der Waals surface area (Å²) in [4.78, 5) is 25.6. The van der Waals surface area contributed by atoms with Crippen molar-refractivity contribution in [3.63, 3.8) is 0 Å². The molecular formula is C19H17ClN4O2. The van der Waals surface area contributed by atoms with Gasteiger partial charge in [-0.15, -0.1) is 0 Å². The summed E-state index contributed by atoms with van der Waals surface area (Å²) < 4.78 is 0. The predicted octanol–water partition coefficient (Wildman–Crippen LogP) is 3.63. The maximum Gasteiger partial charge on any atom is 0.267 e. The summed E-state index contributed by atoms with van der Waals surface area (Å²) in [5.74, 6) is -0.992. The van der Waals surface area contributed by atoms with Gasteiger partial charge in [0.15, 0.2) is 0 Å². The molecule has 0 saturated carbocycles. The second-order valence-electron chi connectivity index (χ2n) is 5.55. The van der Waals surface area contributed by atoms with E-state index in [0.717, 1.165) is 5.56 Å². The number of carbonyl (C=O) groups excluding carboxylic acids is 2. The molecular weight excluding hydrogens is 352 g/mol. The molecule has 0 fully saturated rings. The number of nitrogens with one attached hydrogen (secondary N) is 1. The normalized spacial score (nSPS) is 10.8. The lowest BCUT2D eigenvalue weighted by atomic mass is 10.2. The third kappa shape index (κ3) is 4.62. The Morgan fingerprint density at radius 3 is 2.46 bits per heavy atom. The Balaban J connectivity index is 2.33. The van der Waals surface area contributed by atoms with Crippen molar-refractivity contribution in [1.29, 1.82) is 5.26 Å². The van der Waals surface area contributed by atoms with E-state index < -0.39 is 5.91 Å². The van der Waals surface area contributed by atoms with Crippen LogP contribution >= 0.6 is 11.6 Å². The number of amides is 2. The fourth-order valence-electron chi connectivity index (χ4n) is 2.17. The van der Waals surface area contributed by atoms with Gasteiger partial charge in [0.05, 0.1) is 0 Å². The summed E-state index contributed by atoms with van der Waals surface area (Å²) in [5.41, 5.74) is 7.73. The molecule has 0 bridgehead atoms. The molecule has 0 aliphatic carbocycles. The first-order valence-electron chi connectivity index (χ1n) is 7.66. The van der Waals surface area contributed by atoms with E-state index in [1.54, 1.807) is 49.4 Å². The molecule has 26 heavy (non-hydrogen) atoms. The molecule has 0 spiro atoms. The van der Waals surface area contributed by atoms with Gasteiger partial charge >= 0.3 is 0 Å². The zero-order valence-corrected chi connectivity index (χ0v) is 15.0. The van der Waals surface area contributed by atoms with Crippen molar-refractivity contribution in [3.8, 4) is 6.07 Å². The number of hydrogen-bond acceptors (Lipinski definition) is 4. The number of nitrogen functional groups attached to an aromatic ring is 1. The molecule has 0 aliphatic rings. The van der Waals surface area contributed by atoms with Crippen LogP contribution in [0, 0.1) is 18.3 Å². The van der Waals surface area contributed by atoms with E-state index >= 15 is 0 Å². The Labute approximate surface area is 156 Å². The van der Waals surface area contributed by atoms with Crippen LogP contribution in [0.25, 0.3) is 0 Å². The molecule has 0 saturated heterocycles. The van der Waals surface area contributed by atoms with Crippen LogP contribution < -0.4 is 16.0 Å². The van der Waals surface area contributed by atoms with Crippen LogP contribution in [0.5, 0.6) is 0 Å². The lowest BCUT2D eigenvalue weighted by Crippen LogP contribution is -2.25. The average Bonchev–Trinajstić information content (AvgIpc) is 2.60. The molecule has 2 aromatic carbocycles. The predicted molar refractivity (Wildman–Crippen MR) is 103 cm³/mol. The standard InChI is InChI=1S/C19H17ClN4O2/c1-12-3-4-15(20)9-18(12)23-19(26)14(10-21)11-24(13(2)25)17-7-5-16(22)6-8-17/h3-9,11H,22H2,1-2H3,(H,23,26)/b14-11-. The molecule has 6 nitrogen and oxygen atoms in total. The number of rotatable bonds is 4. The molecule has 0 aliphatic heterocycles. The van der Waals surface area contributed by atoms with Crippen molar-refractivity contribution < 1.29 is 9.59 Å². The van der Waals surface area contributed by atoms with Gasteiger partial charge in [-0.1, -0.05) is 17.7 Å². The van der Waals surface area contributed by atoms with Crippen molar-refractivity contribution in [1.82, 2.24) is 0 Å². The number of aryl methyl sites for hydroxylation is 1. The molecule has 7 heteroatoms. The minimum absolute atomic E-state index is 0.226. The first-order valence-corrected chi connectivity index (χ1v) is 8.04. The van der Waals surface area contributed by atoms with E-state index in [-0.39, 0.29) is 11.5 Å². The van der Waals surface area contributed by atoms with E-state index in [9.17, 15) is 14.9 Å². The number of nitrogens with zero attached hydrogens (tertiary/aromatic N) is 2. The Morgan fingerprint density at radius 1 is 1.23 bits per heavy atom. The second-order valence-corrected chi connectivity index (χ2v) is 5.98. The molecule has 0 heterocycles. The molecule has 132 valence electrons. The molecule has 2 rings (SSSR count). The average molecular weight is 369 g/mol. The van der Waals surface area contributed by atoms with Crippen LogP contribution in [0.15, 0.2) is 54.2 Å². The summed E-state index contributed by atoms with van der Waals surface area (Å²) in [6.07, 6.45) is 1.20. The quantitative estimate of drug-likeness (QED) is 0.489. The van der Waals surface area contributed by atoms with Gasteiger partial charge in [-0.25, -0.2) is 0 Å². The fourth-order valence-corrected chi connectivity index (χ4v) is 2.34. The van der Waals surface area contributed by atoms with Gasteiger partial charge in [0, 0.05) is 35.2 Å². The van der Waals surface area contributed by atoms with Crippen molar-refractivity contribution in [3.05, 3.63) is 64.8 Å². The van der Waals surface area contributed by atoms with Crippen molar-refractivity contribution in [2.45, 2.75) is 13.8 Å². The SMILES string of the molecule is CC(=O)N(/C=C(/C#N)C(=O)Nc1cc(Cl)ccc1C)c1ccc(N)cc1. The monoisotopic (exact) mass is 368 g/mol. The van der Waals surface area contributed by atoms with Gasteiger partial charge in [-0.3, -0.25) is 14.5 Å². The third-order valence-electron chi connectivity index (χ3n) is 3.58. The van der Waals surface area contributed by atoms with E-state index in [0.29, 0.717) is 22.1 Å². The molecule has 2 aromatic rings. The lowest BCUT2D eigenvalue weighted by molar-refractivity contribution is -0.116. The topological polar surface area (TPSA) is 99.2 Å². The molecule has 0 unspecified atom stereocenters. The van der Waals surface area contributed by atoms with Crippen LogP contribution in [-0.4, -0.2) is 11.8 Å². The van der Waals surface area contributed by atoms with E-state index in [1.807, 2.05) is 6.07 Å². The number of carbonyl (C=O) groups is 2. The van der Waals surface area contributed by atoms with E-state index in [2.05, 4.69) is 5.32 Å². The molecule has 0 atom stereocenters. The van der Waals surface area contributed by atoms with Crippen LogP contribution in [0.1, 0.15) is 12.5 Å². The number of halogens is 1. The summed E-state index contributed by atoms with van der Waals surface area (Å²) >= 11 is 5.94. The minimum Gasteiger partial charge on any atom is -0.399 e. The maximum atomic E-state index is 12.4. The highest BCUT2D eigenvalue weighted by atomic mass is 35.5. The molecule has 0 radical (unpaired) electrons. The Morgan fingerprint density at radius 2 is 1.88 bits per heavy atom. The summed E-state index contributed by atoms with van der Waals surface area (Å²) in [6.45, 7) is 3.14. The van der Waals surface area contributed by atoms with Gasteiger partial charge in [-0.05, 0) is 48.9 Å². The smallest absolute Gasteiger partial charge is 0.267 e. The van der Waals surface area contributed by atoms with Crippen molar-refractivity contribution in [2.75, 3.05) is 16.0 Å². The summed E-state index contributed by atoms with van der Waals surface area (Å²) in [7, 11) is 0. The fraction of sp³-hybridized carbons (Fsp3) is 0.105. The molecule has 0 aromatic heterocycles. The van der Waals surface area contributed by atoms with Gasteiger partial charge in [0.25, 0.3) is 5.91 Å². The van der Waals surface area contributed by atoms with Crippen molar-refractivity contribution in [2.24, 2.45) is 0 Å². The number of nitriles is 1. The molecule has 3 N–H and O–H groups in total. The van der Waals surface area contributed by atoms with Gasteiger partial charge in [-0.2, -0.15) is 5.26 Å². The largest absolute Gasteiger partial charge is 0.399 e. The second kappa shape index (κ2) is 8.19. The Hall–Kier alpha value is -3.30. The number of benzene rings is 2. The van der Waals surface area contributed by atoms with Gasteiger partial charge < -0.3 is 11.1 Å². The molecule has 2 amide bonds. The Kier molecular flexibility index (Phi) is 5.99. The van der Waals surface area contributed by atoms with Crippen molar-refractivity contribution >= 4 is 40.5 Å². The van der Waals surface area contributed by atoms with Crippen LogP contribution in [0.4, 0.5) is 17.1 Å². The third-order valence-corrected chi connectivity index (χ3v) is 3.82. The first kappa shape index (κ1) is 19.0. The summed E-state index contributed by atoms with van der Waals surface area (Å²) in [5, 5.41) is 12.5. The van der Waals surface area contributed by atoms with E-state index in [1.165, 1.54) is 18.0 Å². The first-order chi connectivity index (χ1) is 12.3. The van der Waals surface area contributed by atoms with E-state index in [4.69, 9.17) is 17.3 Å². The zero-order chi connectivity index (χ0) is 19.3. The van der Waals surface area contributed by atoms with Crippen LogP contribution in [-0.2, 0) is 9.59 Å². The number of anilines is 3. The summed E-state index contributed by atoms with van der Waals surface area (Å²) in [6, 6.07) is 13.4. The van der Waals surface area contributed by atoms with Gasteiger partial charge in [0.1, 0.15) is 11.6 Å². The highest BCUT2D eigenvalue weighted by Crippen LogP contribution is 2.22.